The van der Waals surface area contributed by atoms with E-state index in [1.54, 1.807) is 26.8 Å². The number of nitriles is 1. The Balaban J connectivity index is 1.61. The van der Waals surface area contributed by atoms with Crippen LogP contribution in [-0.4, -0.2) is 53.2 Å². The molecule has 0 spiro atoms. The van der Waals surface area contributed by atoms with Crippen molar-refractivity contribution < 1.29 is 38.8 Å². The predicted octanol–water partition coefficient (Wildman–Crippen LogP) is 8.07. The Bertz CT molecular complexity index is 1710. The molecular formula is C44H61NO8. The predicted molar refractivity (Wildman–Crippen MR) is 201 cm³/mol. The number of rotatable bonds is 8. The molecule has 4 saturated carbocycles. The van der Waals surface area contributed by atoms with E-state index in [4.69, 9.17) is 14.2 Å². The molecule has 1 unspecified atom stereocenters. The van der Waals surface area contributed by atoms with E-state index in [2.05, 4.69) is 33.8 Å². The fraction of sp³-hybridized carbons (Fsp3) is 0.682. The smallest absolute Gasteiger partial charge is 0.336 e. The first-order valence-corrected chi connectivity index (χ1v) is 19.5. The van der Waals surface area contributed by atoms with Gasteiger partial charge < -0.3 is 24.4 Å². The standard InChI is InChI=1S/C44H61NO8/c1-25(2)30(29-13-11-12-28(20-29)23-45)14-15-31(39(49)51-24-52-40(50)41(5,6)7)37-33-21-35(48)38-42(8)18-17-34(47)26(3)32(42)16-19-43(38,9)44(33,10)22-36(37)53-27(4)46/h11-13,20,26,32-36,38,47-48H,14-19,21-22,24H2,1-10H3/t26-,32?,33+,34+,35+,36-,38+,42-,43-,44-/m0/s1. The van der Waals surface area contributed by atoms with Crippen LogP contribution in [0.25, 0.3) is 5.57 Å². The van der Waals surface area contributed by atoms with Crippen LogP contribution in [0.15, 0.2) is 41.0 Å². The van der Waals surface area contributed by atoms with E-state index in [1.807, 2.05) is 32.0 Å². The Hall–Kier alpha value is -3.48. The molecule has 1 aromatic carbocycles. The molecule has 0 bridgehead atoms. The molecule has 9 heteroatoms. The Morgan fingerprint density at radius 3 is 2.28 bits per heavy atom. The summed E-state index contributed by atoms with van der Waals surface area (Å²) in [5, 5.41) is 32.8. The molecule has 0 amide bonds. The number of carbonyl (C=O) groups excluding carboxylic acids is 3. The van der Waals surface area contributed by atoms with Crippen molar-refractivity contribution in [1.29, 1.82) is 5.26 Å². The number of allylic oxidation sites excluding steroid dienone is 2. The Labute approximate surface area is 316 Å². The van der Waals surface area contributed by atoms with Gasteiger partial charge in [0.15, 0.2) is 0 Å². The Morgan fingerprint density at radius 1 is 0.962 bits per heavy atom. The van der Waals surface area contributed by atoms with Gasteiger partial charge in [0, 0.05) is 12.5 Å². The molecule has 4 aliphatic carbocycles. The molecule has 0 aromatic heterocycles. The van der Waals surface area contributed by atoms with Gasteiger partial charge in [-0.3, -0.25) is 9.59 Å². The highest BCUT2D eigenvalue weighted by atomic mass is 16.7. The summed E-state index contributed by atoms with van der Waals surface area (Å²) >= 11 is 0. The lowest BCUT2D eigenvalue weighted by molar-refractivity contribution is -0.234. The van der Waals surface area contributed by atoms with Crippen LogP contribution in [0.4, 0.5) is 0 Å². The van der Waals surface area contributed by atoms with E-state index < -0.39 is 47.7 Å². The third-order valence-electron chi connectivity index (χ3n) is 14.2. The van der Waals surface area contributed by atoms with Crippen molar-refractivity contribution in [3.8, 4) is 6.07 Å². The molecule has 1 aromatic rings. The molecule has 10 atom stereocenters. The summed E-state index contributed by atoms with van der Waals surface area (Å²) in [7, 11) is 0. The molecule has 290 valence electrons. The quantitative estimate of drug-likeness (QED) is 0.154. The molecule has 0 heterocycles. The first-order chi connectivity index (χ1) is 24.7. The van der Waals surface area contributed by atoms with Crippen molar-refractivity contribution in [2.24, 2.45) is 45.3 Å². The number of esters is 3. The average Bonchev–Trinajstić information content (AvgIpc) is 3.35. The summed E-state index contributed by atoms with van der Waals surface area (Å²) in [5.41, 5.74) is 2.72. The Kier molecular flexibility index (Phi) is 11.5. The van der Waals surface area contributed by atoms with Gasteiger partial charge in [0.25, 0.3) is 0 Å². The zero-order valence-electron chi connectivity index (χ0n) is 33.5. The lowest BCUT2D eigenvalue weighted by atomic mass is 9.36. The van der Waals surface area contributed by atoms with Crippen LogP contribution in [0.2, 0.25) is 0 Å². The average molecular weight is 732 g/mol. The van der Waals surface area contributed by atoms with Gasteiger partial charge >= 0.3 is 17.9 Å². The molecule has 2 N–H and O–H groups in total. The van der Waals surface area contributed by atoms with E-state index in [9.17, 15) is 29.9 Å². The normalized spacial score (nSPS) is 35.8. The van der Waals surface area contributed by atoms with Crippen molar-refractivity contribution in [2.75, 3.05) is 6.79 Å². The van der Waals surface area contributed by atoms with Gasteiger partial charge in [-0.15, -0.1) is 0 Å². The van der Waals surface area contributed by atoms with E-state index in [1.165, 1.54) is 6.92 Å². The maximum Gasteiger partial charge on any atom is 0.336 e. The van der Waals surface area contributed by atoms with Crippen LogP contribution in [-0.2, 0) is 28.6 Å². The third kappa shape index (κ3) is 7.35. The van der Waals surface area contributed by atoms with Gasteiger partial charge in [-0.05, 0) is 155 Å². The first kappa shape index (κ1) is 40.7. The summed E-state index contributed by atoms with van der Waals surface area (Å²) in [5.74, 6) is -1.51. The number of nitrogens with zero attached hydrogens (tertiary/aromatic N) is 1. The van der Waals surface area contributed by atoms with E-state index in [0.29, 0.717) is 42.4 Å². The van der Waals surface area contributed by atoms with Gasteiger partial charge in [0.2, 0.25) is 6.79 Å². The molecular weight excluding hydrogens is 670 g/mol. The molecule has 4 aliphatic rings. The van der Waals surface area contributed by atoms with Crippen LogP contribution in [0.3, 0.4) is 0 Å². The molecule has 53 heavy (non-hydrogen) atoms. The minimum Gasteiger partial charge on any atom is -0.458 e. The summed E-state index contributed by atoms with van der Waals surface area (Å²) in [6, 6.07) is 9.61. The maximum absolute atomic E-state index is 14.4. The maximum atomic E-state index is 14.4. The largest absolute Gasteiger partial charge is 0.458 e. The second-order valence-electron chi connectivity index (χ2n) is 18.4. The summed E-state index contributed by atoms with van der Waals surface area (Å²) in [6.07, 6.45) is 3.16. The molecule has 0 saturated heterocycles. The second kappa shape index (κ2) is 15.0. The Morgan fingerprint density at radius 2 is 1.66 bits per heavy atom. The van der Waals surface area contributed by atoms with Crippen molar-refractivity contribution in [2.45, 2.75) is 139 Å². The van der Waals surface area contributed by atoms with E-state index in [0.717, 1.165) is 36.0 Å². The monoisotopic (exact) mass is 731 g/mol. The fourth-order valence-corrected chi connectivity index (χ4v) is 11.4. The van der Waals surface area contributed by atoms with E-state index in [-0.39, 0.29) is 47.0 Å². The number of benzene rings is 1. The minimum atomic E-state index is -0.786. The van der Waals surface area contributed by atoms with Crippen molar-refractivity contribution in [3.63, 3.8) is 0 Å². The molecule has 4 fully saturated rings. The minimum absolute atomic E-state index is 0.0424. The topological polar surface area (TPSA) is 143 Å². The SMILES string of the molecule is CC(=O)O[C@H]1C[C@@]2(C)[C@H](C[C@@H](O)[C@@H]3[C@@]4(C)CC[C@@H](O)[C@@H](C)C4CC[C@@]32C)C1=C(CCC(=C(C)C)c1cccc(C#N)c1)C(=O)OCOC(=O)C(C)(C)C. The number of carbonyl (C=O) groups is 3. The fourth-order valence-electron chi connectivity index (χ4n) is 11.4. The number of hydrogen-bond donors (Lipinski definition) is 2. The number of aliphatic hydroxyl groups excluding tert-OH is 2. The number of fused-ring (bicyclic) bond motifs is 5. The van der Waals surface area contributed by atoms with Crippen LogP contribution < -0.4 is 0 Å². The van der Waals surface area contributed by atoms with E-state index >= 15 is 0 Å². The molecule has 5 rings (SSSR count). The zero-order valence-corrected chi connectivity index (χ0v) is 33.5. The molecule has 0 radical (unpaired) electrons. The van der Waals surface area contributed by atoms with Gasteiger partial charge in [-0.1, -0.05) is 45.4 Å². The second-order valence-corrected chi connectivity index (χ2v) is 18.4. The van der Waals surface area contributed by atoms with Crippen LogP contribution in [0.1, 0.15) is 132 Å². The molecule has 9 nitrogen and oxygen atoms in total. The third-order valence-corrected chi connectivity index (χ3v) is 14.2. The van der Waals surface area contributed by atoms with Crippen molar-refractivity contribution >= 4 is 23.5 Å². The highest BCUT2D eigenvalue weighted by Gasteiger charge is 2.71. The van der Waals surface area contributed by atoms with Gasteiger partial charge in [-0.25, -0.2) is 4.79 Å². The summed E-state index contributed by atoms with van der Waals surface area (Å²) < 4.78 is 17.2. The summed E-state index contributed by atoms with van der Waals surface area (Å²) in [4.78, 5) is 39.8. The van der Waals surface area contributed by atoms with Gasteiger partial charge in [0.1, 0.15) is 6.10 Å². The summed E-state index contributed by atoms with van der Waals surface area (Å²) in [6.45, 7) is 19.0. The molecule has 0 aliphatic heterocycles. The number of hydrogen-bond acceptors (Lipinski definition) is 9. The highest BCUT2D eigenvalue weighted by Crippen LogP contribution is 2.74. The van der Waals surface area contributed by atoms with Gasteiger partial charge in [-0.2, -0.15) is 5.26 Å². The van der Waals surface area contributed by atoms with Crippen LogP contribution in [0, 0.1) is 56.7 Å². The lowest BCUT2D eigenvalue weighted by Gasteiger charge is -2.69. The highest BCUT2D eigenvalue weighted by molar-refractivity contribution is 5.90. The zero-order chi connectivity index (χ0) is 39.3. The van der Waals surface area contributed by atoms with Crippen LogP contribution >= 0.6 is 0 Å². The number of ether oxygens (including phenoxy) is 3. The number of aliphatic hydroxyl groups is 2. The van der Waals surface area contributed by atoms with Crippen molar-refractivity contribution in [3.05, 3.63) is 52.1 Å². The lowest BCUT2D eigenvalue weighted by Crippen LogP contribution is -2.65. The van der Waals surface area contributed by atoms with Gasteiger partial charge in [0.05, 0.1) is 29.3 Å². The first-order valence-electron chi connectivity index (χ1n) is 19.5. The van der Waals surface area contributed by atoms with Crippen LogP contribution in [0.5, 0.6) is 0 Å². The van der Waals surface area contributed by atoms with Crippen molar-refractivity contribution in [1.82, 2.24) is 0 Å².